The third kappa shape index (κ3) is 4.27. The van der Waals surface area contributed by atoms with Crippen LogP contribution >= 0.6 is 0 Å². The highest BCUT2D eigenvalue weighted by molar-refractivity contribution is 5.60. The number of nitrogens with zero attached hydrogens (tertiary/aromatic N) is 2. The molecule has 0 spiro atoms. The molecule has 3 rings (SSSR count). The molecule has 0 radical (unpaired) electrons. The molecule has 0 N–H and O–H groups in total. The summed E-state index contributed by atoms with van der Waals surface area (Å²) in [5.41, 5.74) is 5.50. The van der Waals surface area contributed by atoms with Gasteiger partial charge in [-0.1, -0.05) is 44.2 Å². The second kappa shape index (κ2) is 7.84. The van der Waals surface area contributed by atoms with Crippen molar-refractivity contribution < 1.29 is 4.74 Å². The van der Waals surface area contributed by atoms with E-state index < -0.39 is 0 Å². The first kappa shape index (κ1) is 16.3. The molecule has 0 saturated carbocycles. The van der Waals surface area contributed by atoms with Crippen molar-refractivity contribution in [2.75, 3.05) is 0 Å². The number of rotatable bonds is 6. The van der Waals surface area contributed by atoms with Gasteiger partial charge in [0.2, 0.25) is 0 Å². The normalized spacial score (nSPS) is 11.0. The van der Waals surface area contributed by atoms with Crippen molar-refractivity contribution in [1.29, 1.82) is 0 Å². The molecular formula is C21H22N2O. The molecule has 3 aromatic rings. The highest BCUT2D eigenvalue weighted by atomic mass is 16.5. The van der Waals surface area contributed by atoms with E-state index in [2.05, 4.69) is 54.1 Å². The molecule has 2 heterocycles. The van der Waals surface area contributed by atoms with Crippen LogP contribution in [0.1, 0.15) is 36.6 Å². The third-order valence-corrected chi connectivity index (χ3v) is 3.94. The summed E-state index contributed by atoms with van der Waals surface area (Å²) in [6.45, 7) is 5.47. The van der Waals surface area contributed by atoms with Crippen molar-refractivity contribution in [3.8, 4) is 11.3 Å². The lowest BCUT2D eigenvalue weighted by molar-refractivity contribution is 0.104. The maximum Gasteiger partial charge on any atom is 0.0892 e. The molecule has 0 unspecified atom stereocenters. The van der Waals surface area contributed by atoms with Gasteiger partial charge in [0.15, 0.2) is 0 Å². The van der Waals surface area contributed by atoms with Gasteiger partial charge in [0.1, 0.15) is 0 Å². The summed E-state index contributed by atoms with van der Waals surface area (Å²) in [5.74, 6) is 0.540. The number of hydrogen-bond acceptors (Lipinski definition) is 3. The van der Waals surface area contributed by atoms with Crippen LogP contribution in [0.4, 0.5) is 0 Å². The van der Waals surface area contributed by atoms with Crippen LogP contribution in [0.2, 0.25) is 0 Å². The Bertz CT molecular complexity index is 767. The van der Waals surface area contributed by atoms with E-state index in [9.17, 15) is 0 Å². The Morgan fingerprint density at radius 1 is 0.875 bits per heavy atom. The van der Waals surface area contributed by atoms with E-state index in [0.717, 1.165) is 22.5 Å². The molecule has 0 aliphatic rings. The molecule has 1 aromatic carbocycles. The summed E-state index contributed by atoms with van der Waals surface area (Å²) in [5, 5.41) is 0. The highest BCUT2D eigenvalue weighted by Crippen LogP contribution is 2.22. The summed E-state index contributed by atoms with van der Waals surface area (Å²) in [7, 11) is 0. The van der Waals surface area contributed by atoms with Crippen molar-refractivity contribution in [3.05, 3.63) is 83.8 Å². The molecule has 2 aromatic heterocycles. The van der Waals surface area contributed by atoms with Gasteiger partial charge in [0, 0.05) is 18.0 Å². The molecule has 3 nitrogen and oxygen atoms in total. The van der Waals surface area contributed by atoms with Gasteiger partial charge in [0.25, 0.3) is 0 Å². The molecule has 3 heteroatoms. The van der Waals surface area contributed by atoms with E-state index in [1.165, 1.54) is 5.56 Å². The van der Waals surface area contributed by atoms with Crippen LogP contribution in [-0.2, 0) is 18.0 Å². The van der Waals surface area contributed by atoms with E-state index in [0.29, 0.717) is 19.1 Å². The third-order valence-electron chi connectivity index (χ3n) is 3.94. The fourth-order valence-corrected chi connectivity index (χ4v) is 2.52. The summed E-state index contributed by atoms with van der Waals surface area (Å²) >= 11 is 0. The lowest BCUT2D eigenvalue weighted by atomic mass is 10.0. The molecule has 0 atom stereocenters. The minimum absolute atomic E-state index is 0.515. The lowest BCUT2D eigenvalue weighted by Crippen LogP contribution is -1.97. The number of hydrogen-bond donors (Lipinski definition) is 0. The van der Waals surface area contributed by atoms with Gasteiger partial charge in [-0.15, -0.1) is 0 Å². The predicted molar refractivity (Wildman–Crippen MR) is 96.5 cm³/mol. The first-order valence-electron chi connectivity index (χ1n) is 8.25. The van der Waals surface area contributed by atoms with Gasteiger partial charge < -0.3 is 4.74 Å². The van der Waals surface area contributed by atoms with Gasteiger partial charge in [-0.3, -0.25) is 9.97 Å². The van der Waals surface area contributed by atoms with Gasteiger partial charge >= 0.3 is 0 Å². The van der Waals surface area contributed by atoms with Gasteiger partial charge in [0.05, 0.1) is 24.6 Å². The Kier molecular flexibility index (Phi) is 5.34. The zero-order chi connectivity index (χ0) is 16.8. The number of ether oxygens (including phenoxy) is 1. The fourth-order valence-electron chi connectivity index (χ4n) is 2.52. The summed E-state index contributed by atoms with van der Waals surface area (Å²) in [6, 6.07) is 18.5. The van der Waals surface area contributed by atoms with Crippen molar-refractivity contribution in [2.45, 2.75) is 33.0 Å². The Balaban J connectivity index is 1.65. The van der Waals surface area contributed by atoms with E-state index in [4.69, 9.17) is 4.74 Å². The van der Waals surface area contributed by atoms with Gasteiger partial charge in [-0.2, -0.15) is 0 Å². The Labute approximate surface area is 143 Å². The predicted octanol–water partition coefficient (Wildman–Crippen LogP) is 4.98. The topological polar surface area (TPSA) is 35.0 Å². The molecule has 24 heavy (non-hydrogen) atoms. The van der Waals surface area contributed by atoms with Crippen molar-refractivity contribution >= 4 is 0 Å². The van der Waals surface area contributed by atoms with Crippen LogP contribution in [0.3, 0.4) is 0 Å². The van der Waals surface area contributed by atoms with E-state index in [1.54, 1.807) is 6.20 Å². The molecule has 0 aliphatic heterocycles. The highest BCUT2D eigenvalue weighted by Gasteiger charge is 2.04. The molecule has 0 amide bonds. The van der Waals surface area contributed by atoms with Crippen LogP contribution < -0.4 is 0 Å². The average Bonchev–Trinajstić information content (AvgIpc) is 2.63. The first-order valence-corrected chi connectivity index (χ1v) is 8.25. The second-order valence-corrected chi connectivity index (χ2v) is 6.14. The Hall–Kier alpha value is -2.52. The van der Waals surface area contributed by atoms with Gasteiger partial charge in [-0.05, 0) is 41.3 Å². The van der Waals surface area contributed by atoms with Crippen molar-refractivity contribution in [3.63, 3.8) is 0 Å². The van der Waals surface area contributed by atoms with E-state index >= 15 is 0 Å². The zero-order valence-corrected chi connectivity index (χ0v) is 14.1. The molecule has 0 fully saturated rings. The minimum atomic E-state index is 0.515. The van der Waals surface area contributed by atoms with E-state index in [-0.39, 0.29) is 0 Å². The monoisotopic (exact) mass is 318 g/mol. The standard InChI is InChI=1S/C21H22N2O/c1-16(2)18-6-8-19(9-7-18)21-13-17(10-12-23-21)14-24-15-20-5-3-4-11-22-20/h3-13,16H,14-15H2,1-2H3. The molecule has 0 aliphatic carbocycles. The summed E-state index contributed by atoms with van der Waals surface area (Å²) in [4.78, 5) is 8.74. The van der Waals surface area contributed by atoms with Crippen LogP contribution in [0, 0.1) is 0 Å². The van der Waals surface area contributed by atoms with Crippen molar-refractivity contribution in [1.82, 2.24) is 9.97 Å². The molecule has 0 saturated heterocycles. The summed E-state index contributed by atoms with van der Waals surface area (Å²) < 4.78 is 5.76. The fraction of sp³-hybridized carbons (Fsp3) is 0.238. The quantitative estimate of drug-likeness (QED) is 0.642. The number of benzene rings is 1. The average molecular weight is 318 g/mol. The summed E-state index contributed by atoms with van der Waals surface area (Å²) in [6.07, 6.45) is 3.62. The van der Waals surface area contributed by atoms with Crippen LogP contribution in [0.5, 0.6) is 0 Å². The largest absolute Gasteiger partial charge is 0.370 e. The molecule has 122 valence electrons. The maximum absolute atomic E-state index is 5.76. The Morgan fingerprint density at radius 2 is 1.71 bits per heavy atom. The zero-order valence-electron chi connectivity index (χ0n) is 14.1. The SMILES string of the molecule is CC(C)c1ccc(-c2cc(COCc3ccccn3)ccn2)cc1. The molecule has 0 bridgehead atoms. The Morgan fingerprint density at radius 3 is 2.42 bits per heavy atom. The van der Waals surface area contributed by atoms with Crippen LogP contribution in [0.25, 0.3) is 11.3 Å². The molecular weight excluding hydrogens is 296 g/mol. The minimum Gasteiger partial charge on any atom is -0.370 e. The van der Waals surface area contributed by atoms with E-state index in [1.807, 2.05) is 30.5 Å². The number of pyridine rings is 2. The van der Waals surface area contributed by atoms with Crippen LogP contribution in [-0.4, -0.2) is 9.97 Å². The van der Waals surface area contributed by atoms with Crippen LogP contribution in [0.15, 0.2) is 67.0 Å². The maximum atomic E-state index is 5.76. The number of aromatic nitrogens is 2. The van der Waals surface area contributed by atoms with Crippen molar-refractivity contribution in [2.24, 2.45) is 0 Å². The van der Waals surface area contributed by atoms with Gasteiger partial charge in [-0.25, -0.2) is 0 Å². The lowest BCUT2D eigenvalue weighted by Gasteiger charge is -2.08. The first-order chi connectivity index (χ1) is 11.7. The smallest absolute Gasteiger partial charge is 0.0892 e. The second-order valence-electron chi connectivity index (χ2n) is 6.14.